The Balaban J connectivity index is 1.88. The molecule has 2 aromatic carbocycles. The summed E-state index contributed by atoms with van der Waals surface area (Å²) < 4.78 is 11.3. The van der Waals surface area contributed by atoms with Crippen molar-refractivity contribution in [2.24, 2.45) is 0 Å². The first-order chi connectivity index (χ1) is 10.8. The molecule has 0 saturated heterocycles. The zero-order valence-electron chi connectivity index (χ0n) is 13.2. The van der Waals surface area contributed by atoms with Crippen molar-refractivity contribution >= 4 is 29.3 Å². The van der Waals surface area contributed by atoms with Gasteiger partial charge in [-0.15, -0.1) is 0 Å². The summed E-state index contributed by atoms with van der Waals surface area (Å²) >= 11 is 7.76. The van der Waals surface area contributed by atoms with Crippen molar-refractivity contribution in [3.05, 3.63) is 47.0 Å². The molecule has 1 aliphatic heterocycles. The number of hydrogen-bond acceptors (Lipinski definition) is 4. The molecule has 23 heavy (non-hydrogen) atoms. The van der Waals surface area contributed by atoms with Gasteiger partial charge in [-0.25, -0.2) is 0 Å². The van der Waals surface area contributed by atoms with E-state index in [4.69, 9.17) is 21.1 Å². The van der Waals surface area contributed by atoms with E-state index in [1.54, 1.807) is 17.8 Å². The Hall–Kier alpha value is -1.65. The summed E-state index contributed by atoms with van der Waals surface area (Å²) in [4.78, 5) is 14.0. The number of carbonyl (C=O) groups excluding carboxylic acids is 1. The summed E-state index contributed by atoms with van der Waals surface area (Å²) in [5.41, 5.74) is 0.405. The Morgan fingerprint density at radius 2 is 1.96 bits per heavy atom. The van der Waals surface area contributed by atoms with E-state index in [0.29, 0.717) is 10.8 Å². The monoisotopic (exact) mass is 348 g/mol. The van der Waals surface area contributed by atoms with E-state index >= 15 is 0 Å². The van der Waals surface area contributed by atoms with Crippen LogP contribution in [0.2, 0.25) is 5.02 Å². The first kappa shape index (κ1) is 16.2. The SMILES string of the molecule is CC(C)(C)OC(=O)Cc1cccc2c1Sc1cccc(Cl)c1O2. The number of para-hydroxylation sites is 1. The number of benzene rings is 2. The predicted octanol–water partition coefficient (Wildman–Crippen LogP) is 5.48. The van der Waals surface area contributed by atoms with Gasteiger partial charge in [0, 0.05) is 0 Å². The van der Waals surface area contributed by atoms with Gasteiger partial charge in [-0.3, -0.25) is 4.79 Å². The van der Waals surface area contributed by atoms with Gasteiger partial charge in [-0.05, 0) is 44.5 Å². The Morgan fingerprint density at radius 1 is 1.22 bits per heavy atom. The first-order valence-electron chi connectivity index (χ1n) is 7.31. The molecule has 0 bridgehead atoms. The molecule has 0 aromatic heterocycles. The molecule has 1 aliphatic rings. The lowest BCUT2D eigenvalue weighted by molar-refractivity contribution is -0.153. The maximum Gasteiger partial charge on any atom is 0.310 e. The van der Waals surface area contributed by atoms with Crippen LogP contribution in [0.3, 0.4) is 0 Å². The maximum atomic E-state index is 12.1. The fraction of sp³-hybridized carbons (Fsp3) is 0.278. The number of rotatable bonds is 2. The van der Waals surface area contributed by atoms with Crippen LogP contribution in [0.15, 0.2) is 46.2 Å². The zero-order valence-corrected chi connectivity index (χ0v) is 14.8. The summed E-state index contributed by atoms with van der Waals surface area (Å²) in [6.07, 6.45) is 0.215. The minimum absolute atomic E-state index is 0.215. The number of ether oxygens (including phenoxy) is 2. The van der Waals surface area contributed by atoms with E-state index in [9.17, 15) is 4.79 Å². The minimum Gasteiger partial charge on any atom is -0.460 e. The largest absolute Gasteiger partial charge is 0.460 e. The highest BCUT2D eigenvalue weighted by atomic mass is 35.5. The van der Waals surface area contributed by atoms with Crippen molar-refractivity contribution < 1.29 is 14.3 Å². The van der Waals surface area contributed by atoms with Crippen molar-refractivity contribution in [2.75, 3.05) is 0 Å². The molecule has 0 radical (unpaired) electrons. The fourth-order valence-electron chi connectivity index (χ4n) is 2.32. The fourth-order valence-corrected chi connectivity index (χ4v) is 3.68. The molecular weight excluding hydrogens is 332 g/mol. The number of fused-ring (bicyclic) bond motifs is 2. The van der Waals surface area contributed by atoms with Gasteiger partial charge in [-0.2, -0.15) is 0 Å². The van der Waals surface area contributed by atoms with Gasteiger partial charge >= 0.3 is 5.97 Å². The van der Waals surface area contributed by atoms with E-state index in [1.807, 2.05) is 51.1 Å². The summed E-state index contributed by atoms with van der Waals surface area (Å²) in [6.45, 7) is 5.59. The molecular formula is C18H17ClO3S. The molecule has 2 aromatic rings. The second-order valence-electron chi connectivity index (χ2n) is 6.28. The summed E-state index contributed by atoms with van der Waals surface area (Å²) in [5, 5.41) is 0.582. The molecule has 1 heterocycles. The summed E-state index contributed by atoms with van der Waals surface area (Å²) in [7, 11) is 0. The average molecular weight is 349 g/mol. The van der Waals surface area contributed by atoms with Crippen molar-refractivity contribution in [1.29, 1.82) is 0 Å². The third-order valence-electron chi connectivity index (χ3n) is 3.17. The highest BCUT2D eigenvalue weighted by molar-refractivity contribution is 7.99. The Bertz CT molecular complexity index is 765. The van der Waals surface area contributed by atoms with Gasteiger partial charge in [0.15, 0.2) is 5.75 Å². The standard InChI is InChI=1S/C18H17ClO3S/c1-18(2,3)22-15(20)10-11-6-4-8-13-17(11)23-14-9-5-7-12(19)16(14)21-13/h4-9H,10H2,1-3H3. The first-order valence-corrected chi connectivity index (χ1v) is 8.51. The van der Waals surface area contributed by atoms with Crippen molar-refractivity contribution in [3.63, 3.8) is 0 Å². The third kappa shape index (κ3) is 3.65. The van der Waals surface area contributed by atoms with Crippen LogP contribution in [-0.4, -0.2) is 11.6 Å². The number of halogens is 1. The highest BCUT2D eigenvalue weighted by Gasteiger charge is 2.24. The summed E-state index contributed by atoms with van der Waals surface area (Å²) in [6, 6.07) is 11.3. The normalized spacial score (nSPS) is 12.9. The van der Waals surface area contributed by atoms with Crippen LogP contribution in [0.5, 0.6) is 11.5 Å². The molecule has 5 heteroatoms. The molecule has 0 atom stereocenters. The van der Waals surface area contributed by atoms with Crippen LogP contribution >= 0.6 is 23.4 Å². The van der Waals surface area contributed by atoms with Crippen LogP contribution in [0.4, 0.5) is 0 Å². The van der Waals surface area contributed by atoms with Crippen molar-refractivity contribution in [2.45, 2.75) is 42.6 Å². The predicted molar refractivity (Wildman–Crippen MR) is 91.6 cm³/mol. The van der Waals surface area contributed by atoms with Gasteiger partial charge in [-0.1, -0.05) is 41.6 Å². The van der Waals surface area contributed by atoms with E-state index in [2.05, 4.69) is 0 Å². The Morgan fingerprint density at radius 3 is 2.70 bits per heavy atom. The molecule has 3 nitrogen and oxygen atoms in total. The highest BCUT2D eigenvalue weighted by Crippen LogP contribution is 2.50. The van der Waals surface area contributed by atoms with Crippen LogP contribution < -0.4 is 4.74 Å². The molecule has 0 unspecified atom stereocenters. The molecule has 0 fully saturated rings. The number of carbonyl (C=O) groups is 1. The smallest absolute Gasteiger partial charge is 0.310 e. The van der Waals surface area contributed by atoms with Crippen LogP contribution in [0.25, 0.3) is 0 Å². The second-order valence-corrected chi connectivity index (χ2v) is 7.74. The lowest BCUT2D eigenvalue weighted by Gasteiger charge is -2.23. The molecule has 3 rings (SSSR count). The summed E-state index contributed by atoms with van der Waals surface area (Å²) in [5.74, 6) is 1.14. The second kappa shape index (κ2) is 6.10. The van der Waals surface area contributed by atoms with Gasteiger partial charge < -0.3 is 9.47 Å². The Kier molecular flexibility index (Phi) is 4.30. The van der Waals surface area contributed by atoms with Gasteiger partial charge in [0.25, 0.3) is 0 Å². The lowest BCUT2D eigenvalue weighted by atomic mass is 10.1. The van der Waals surface area contributed by atoms with Gasteiger partial charge in [0.1, 0.15) is 11.4 Å². The van der Waals surface area contributed by atoms with E-state index in [1.165, 1.54) is 0 Å². The van der Waals surface area contributed by atoms with Gasteiger partial charge in [0.2, 0.25) is 0 Å². The number of hydrogen-bond donors (Lipinski definition) is 0. The lowest BCUT2D eigenvalue weighted by Crippen LogP contribution is -2.25. The molecule has 120 valence electrons. The quantitative estimate of drug-likeness (QED) is 0.574. The Labute approximate surface area is 144 Å². The average Bonchev–Trinajstić information content (AvgIpc) is 2.45. The van der Waals surface area contributed by atoms with E-state index in [-0.39, 0.29) is 12.4 Å². The molecule has 0 aliphatic carbocycles. The van der Waals surface area contributed by atoms with Crippen LogP contribution in [-0.2, 0) is 16.0 Å². The zero-order chi connectivity index (χ0) is 16.6. The van der Waals surface area contributed by atoms with E-state index < -0.39 is 5.60 Å². The molecule has 0 saturated carbocycles. The molecule has 0 amide bonds. The van der Waals surface area contributed by atoms with E-state index in [0.717, 1.165) is 21.1 Å². The molecule has 0 N–H and O–H groups in total. The van der Waals surface area contributed by atoms with Crippen LogP contribution in [0, 0.1) is 0 Å². The van der Waals surface area contributed by atoms with Crippen molar-refractivity contribution in [3.8, 4) is 11.5 Å². The van der Waals surface area contributed by atoms with Crippen LogP contribution in [0.1, 0.15) is 26.3 Å². The minimum atomic E-state index is -0.490. The number of esters is 1. The van der Waals surface area contributed by atoms with Gasteiger partial charge in [0.05, 0.1) is 21.2 Å². The topological polar surface area (TPSA) is 35.5 Å². The van der Waals surface area contributed by atoms with Crippen molar-refractivity contribution in [1.82, 2.24) is 0 Å². The third-order valence-corrected chi connectivity index (χ3v) is 4.68. The maximum absolute atomic E-state index is 12.1. The molecule has 0 spiro atoms.